The van der Waals surface area contributed by atoms with Crippen LogP contribution in [0, 0.1) is 0 Å². The van der Waals surface area contributed by atoms with Crippen LogP contribution in [-0.2, 0) is 6.54 Å². The topological polar surface area (TPSA) is 77.8 Å². The molecule has 0 spiro atoms. The number of aromatic nitrogens is 2. The van der Waals surface area contributed by atoms with E-state index in [0.717, 1.165) is 0 Å². The van der Waals surface area contributed by atoms with Gasteiger partial charge in [0.25, 0.3) is 0 Å². The van der Waals surface area contributed by atoms with Gasteiger partial charge in [0.15, 0.2) is 0 Å². The van der Waals surface area contributed by atoms with Crippen LogP contribution in [0.15, 0.2) is 12.3 Å². The maximum absolute atomic E-state index is 5.33. The van der Waals surface area contributed by atoms with Crippen molar-refractivity contribution in [2.24, 2.45) is 5.73 Å². The molecular formula is C5H10Cl2N4. The van der Waals surface area contributed by atoms with Gasteiger partial charge in [-0.25, -0.2) is 9.97 Å². The van der Waals surface area contributed by atoms with Gasteiger partial charge in [-0.2, -0.15) is 0 Å². The number of rotatable bonds is 1. The Morgan fingerprint density at radius 2 is 2.00 bits per heavy atom. The van der Waals surface area contributed by atoms with E-state index in [1.165, 1.54) is 0 Å². The molecule has 0 atom stereocenters. The van der Waals surface area contributed by atoms with Crippen LogP contribution in [0.2, 0.25) is 0 Å². The Hall–Kier alpha value is -0.580. The minimum absolute atomic E-state index is 0. The van der Waals surface area contributed by atoms with Crippen molar-refractivity contribution in [3.05, 3.63) is 18.1 Å². The first kappa shape index (κ1) is 13.0. The molecule has 0 fully saturated rings. The summed E-state index contributed by atoms with van der Waals surface area (Å²) in [5.41, 5.74) is 10.6. The number of hydrogen-bond acceptors (Lipinski definition) is 4. The summed E-state index contributed by atoms with van der Waals surface area (Å²) in [5.74, 6) is 1.04. The smallest absolute Gasteiger partial charge is 0.144 e. The van der Waals surface area contributed by atoms with Crippen LogP contribution in [-0.4, -0.2) is 9.97 Å². The van der Waals surface area contributed by atoms with E-state index in [4.69, 9.17) is 11.5 Å². The summed E-state index contributed by atoms with van der Waals surface area (Å²) in [4.78, 5) is 7.68. The van der Waals surface area contributed by atoms with Crippen molar-refractivity contribution in [1.82, 2.24) is 9.97 Å². The van der Waals surface area contributed by atoms with Crippen molar-refractivity contribution in [2.45, 2.75) is 6.54 Å². The highest BCUT2D eigenvalue weighted by molar-refractivity contribution is 5.85. The molecule has 0 saturated carbocycles. The minimum Gasteiger partial charge on any atom is -0.384 e. The second-order valence-electron chi connectivity index (χ2n) is 1.60. The van der Waals surface area contributed by atoms with Crippen molar-refractivity contribution in [3.63, 3.8) is 0 Å². The third-order valence-corrected chi connectivity index (χ3v) is 0.910. The minimum atomic E-state index is 0. The molecule has 1 rings (SSSR count). The molecule has 1 aromatic rings. The predicted molar refractivity (Wildman–Crippen MR) is 48.8 cm³/mol. The first-order chi connectivity index (χ1) is 4.33. The van der Waals surface area contributed by atoms with Crippen LogP contribution in [0.3, 0.4) is 0 Å². The maximum Gasteiger partial charge on any atom is 0.144 e. The summed E-state index contributed by atoms with van der Waals surface area (Å²) >= 11 is 0. The van der Waals surface area contributed by atoms with Crippen molar-refractivity contribution in [2.75, 3.05) is 5.73 Å². The van der Waals surface area contributed by atoms with Crippen LogP contribution in [0.1, 0.15) is 5.82 Å². The van der Waals surface area contributed by atoms with Gasteiger partial charge >= 0.3 is 0 Å². The van der Waals surface area contributed by atoms with E-state index >= 15 is 0 Å². The van der Waals surface area contributed by atoms with Crippen molar-refractivity contribution in [1.29, 1.82) is 0 Å². The fourth-order valence-corrected chi connectivity index (χ4v) is 0.513. The third kappa shape index (κ3) is 3.98. The van der Waals surface area contributed by atoms with E-state index < -0.39 is 0 Å². The Morgan fingerprint density at radius 3 is 2.36 bits per heavy atom. The van der Waals surface area contributed by atoms with E-state index in [0.29, 0.717) is 18.2 Å². The van der Waals surface area contributed by atoms with E-state index in [-0.39, 0.29) is 24.8 Å². The van der Waals surface area contributed by atoms with Gasteiger partial charge in [0.2, 0.25) is 0 Å². The number of anilines is 1. The molecule has 0 aliphatic carbocycles. The molecule has 1 aromatic heterocycles. The fraction of sp³-hybridized carbons (Fsp3) is 0.200. The molecule has 0 aromatic carbocycles. The molecule has 64 valence electrons. The first-order valence-corrected chi connectivity index (χ1v) is 2.60. The lowest BCUT2D eigenvalue weighted by Crippen LogP contribution is -2.03. The summed E-state index contributed by atoms with van der Waals surface area (Å²) < 4.78 is 0. The van der Waals surface area contributed by atoms with Gasteiger partial charge in [0.1, 0.15) is 11.6 Å². The Balaban J connectivity index is 0. The zero-order valence-electron chi connectivity index (χ0n) is 5.73. The average Bonchev–Trinajstić information content (AvgIpc) is 1.88. The highest BCUT2D eigenvalue weighted by Gasteiger charge is 1.89. The van der Waals surface area contributed by atoms with E-state index in [1.807, 2.05) is 0 Å². The molecule has 0 radical (unpaired) electrons. The third-order valence-electron chi connectivity index (χ3n) is 0.910. The van der Waals surface area contributed by atoms with Crippen molar-refractivity contribution < 1.29 is 0 Å². The molecule has 11 heavy (non-hydrogen) atoms. The van der Waals surface area contributed by atoms with Crippen LogP contribution in [0.5, 0.6) is 0 Å². The average molecular weight is 197 g/mol. The number of halogens is 2. The number of nitrogens with zero attached hydrogens (tertiary/aromatic N) is 2. The summed E-state index contributed by atoms with van der Waals surface area (Å²) in [6.07, 6.45) is 1.59. The molecule has 4 nitrogen and oxygen atoms in total. The zero-order valence-corrected chi connectivity index (χ0v) is 7.36. The Bertz CT molecular complexity index is 205. The molecule has 0 aliphatic heterocycles. The molecule has 1 heterocycles. The van der Waals surface area contributed by atoms with Crippen LogP contribution in [0.25, 0.3) is 0 Å². The normalized spacial score (nSPS) is 7.73. The molecule has 0 aliphatic rings. The summed E-state index contributed by atoms with van der Waals surface area (Å²) in [7, 11) is 0. The second-order valence-corrected chi connectivity index (χ2v) is 1.60. The lowest BCUT2D eigenvalue weighted by molar-refractivity contribution is 0.913. The SMILES string of the molecule is Cl.Cl.NCc1nccc(N)n1. The van der Waals surface area contributed by atoms with Crippen LogP contribution in [0.4, 0.5) is 5.82 Å². The zero-order chi connectivity index (χ0) is 6.69. The summed E-state index contributed by atoms with van der Waals surface area (Å²) in [5, 5.41) is 0. The molecule has 6 heteroatoms. The van der Waals surface area contributed by atoms with E-state index in [9.17, 15) is 0 Å². The molecule has 0 bridgehead atoms. The summed E-state index contributed by atoms with van der Waals surface area (Å²) in [6.45, 7) is 0.338. The van der Waals surface area contributed by atoms with E-state index in [1.54, 1.807) is 12.3 Å². The molecule has 4 N–H and O–H groups in total. The van der Waals surface area contributed by atoms with Crippen molar-refractivity contribution in [3.8, 4) is 0 Å². The Labute approximate surface area is 77.2 Å². The first-order valence-electron chi connectivity index (χ1n) is 2.60. The molecule has 0 amide bonds. The molecular weight excluding hydrogens is 187 g/mol. The number of nitrogens with two attached hydrogens (primary N) is 2. The highest BCUT2D eigenvalue weighted by Crippen LogP contribution is 1.93. The standard InChI is InChI=1S/C5H8N4.2ClH/c6-3-5-8-2-1-4(7)9-5;;/h1-2H,3,6H2,(H2,7,8,9);2*1H. The van der Waals surface area contributed by atoms with Crippen LogP contribution < -0.4 is 11.5 Å². The maximum atomic E-state index is 5.33. The Morgan fingerprint density at radius 1 is 1.36 bits per heavy atom. The Kier molecular flexibility index (Phi) is 7.29. The summed E-state index contributed by atoms with van der Waals surface area (Å²) in [6, 6.07) is 1.62. The molecule has 0 unspecified atom stereocenters. The van der Waals surface area contributed by atoms with Gasteiger partial charge in [0, 0.05) is 6.20 Å². The van der Waals surface area contributed by atoms with Crippen molar-refractivity contribution >= 4 is 30.6 Å². The van der Waals surface area contributed by atoms with Gasteiger partial charge < -0.3 is 11.5 Å². The number of nitrogen functional groups attached to an aromatic ring is 1. The van der Waals surface area contributed by atoms with Gasteiger partial charge in [-0.05, 0) is 6.07 Å². The number of hydrogen-bond donors (Lipinski definition) is 2. The van der Waals surface area contributed by atoms with Crippen LogP contribution >= 0.6 is 24.8 Å². The fourth-order valence-electron chi connectivity index (χ4n) is 0.513. The quantitative estimate of drug-likeness (QED) is 0.681. The second kappa shape index (κ2) is 6.15. The lowest BCUT2D eigenvalue weighted by atomic mass is 10.5. The van der Waals surface area contributed by atoms with Gasteiger partial charge in [0.05, 0.1) is 6.54 Å². The highest BCUT2D eigenvalue weighted by atomic mass is 35.5. The monoisotopic (exact) mass is 196 g/mol. The van der Waals surface area contributed by atoms with Gasteiger partial charge in [-0.15, -0.1) is 24.8 Å². The lowest BCUT2D eigenvalue weighted by Gasteiger charge is -1.93. The molecule has 0 saturated heterocycles. The predicted octanol–water partition coefficient (Wildman–Crippen LogP) is 0.361. The van der Waals surface area contributed by atoms with E-state index in [2.05, 4.69) is 9.97 Å². The van der Waals surface area contributed by atoms with Gasteiger partial charge in [-0.3, -0.25) is 0 Å². The largest absolute Gasteiger partial charge is 0.384 e. The van der Waals surface area contributed by atoms with Gasteiger partial charge in [-0.1, -0.05) is 0 Å².